The number of aryl methyl sites for hydroxylation is 1. The predicted octanol–water partition coefficient (Wildman–Crippen LogP) is 1.90. The van der Waals surface area contributed by atoms with Crippen molar-refractivity contribution in [1.29, 1.82) is 0 Å². The summed E-state index contributed by atoms with van der Waals surface area (Å²) in [6, 6.07) is 1.65. The lowest BCUT2D eigenvalue weighted by Crippen LogP contribution is -1.82. The Labute approximate surface area is 83.3 Å². The molecule has 1 aromatic heterocycles. The molecule has 1 aromatic rings. The van der Waals surface area contributed by atoms with E-state index in [1.807, 2.05) is 6.92 Å². The standard InChI is InChI=1S/C7H9ClN2O2S/c1-5-3-7(8)9-4-6(5)10-13(11)12-2/h3-4,13H,1-2H3. The van der Waals surface area contributed by atoms with Gasteiger partial charge in [-0.1, -0.05) is 11.6 Å². The fraction of sp³-hybridized carbons (Fsp3) is 0.286. The Kier molecular flexibility index (Phi) is 3.65. The van der Waals surface area contributed by atoms with Crippen LogP contribution in [0.15, 0.2) is 16.6 Å². The highest BCUT2D eigenvalue weighted by atomic mass is 35.5. The zero-order valence-electron chi connectivity index (χ0n) is 7.19. The number of hydrogen-bond donors (Lipinski definition) is 1. The van der Waals surface area contributed by atoms with Gasteiger partial charge in [0.05, 0.1) is 19.0 Å². The van der Waals surface area contributed by atoms with Gasteiger partial charge in [0.15, 0.2) is 10.9 Å². The minimum Gasteiger partial charge on any atom is -0.290 e. The Morgan fingerprint density at radius 3 is 2.92 bits per heavy atom. The first-order valence-electron chi connectivity index (χ1n) is 3.48. The minimum absolute atomic E-state index is 0.393. The Morgan fingerprint density at radius 2 is 2.38 bits per heavy atom. The Morgan fingerprint density at radius 1 is 1.69 bits per heavy atom. The highest BCUT2D eigenvalue weighted by Crippen LogP contribution is 2.19. The van der Waals surface area contributed by atoms with E-state index in [9.17, 15) is 4.21 Å². The number of rotatable bonds is 2. The molecule has 1 heterocycles. The van der Waals surface area contributed by atoms with Crippen molar-refractivity contribution in [2.75, 3.05) is 7.11 Å². The Bertz CT molecular complexity index is 388. The quantitative estimate of drug-likeness (QED) is 0.612. The molecule has 1 rings (SSSR count). The van der Waals surface area contributed by atoms with Gasteiger partial charge in [0.2, 0.25) is 0 Å². The fourth-order valence-corrected chi connectivity index (χ4v) is 1.43. The summed E-state index contributed by atoms with van der Waals surface area (Å²) in [6.07, 6.45) is 1.46. The second-order valence-electron chi connectivity index (χ2n) is 2.31. The lowest BCUT2D eigenvalue weighted by molar-refractivity contribution is 0.453. The molecule has 0 N–H and O–H groups in total. The molecule has 0 aliphatic rings. The zero-order chi connectivity index (χ0) is 9.84. The summed E-state index contributed by atoms with van der Waals surface area (Å²) in [5.41, 5.74) is 1.35. The van der Waals surface area contributed by atoms with Crippen LogP contribution in [-0.2, 0) is 15.1 Å². The molecular formula is C7H9ClN2O2S. The molecule has 0 aliphatic heterocycles. The van der Waals surface area contributed by atoms with Crippen molar-refractivity contribution in [3.63, 3.8) is 0 Å². The van der Waals surface area contributed by atoms with Gasteiger partial charge in [-0.3, -0.25) is 4.18 Å². The first-order valence-corrected chi connectivity index (χ1v) is 4.99. The summed E-state index contributed by atoms with van der Waals surface area (Å²) in [7, 11) is -0.654. The summed E-state index contributed by atoms with van der Waals surface area (Å²) in [5, 5.41) is 0.393. The second-order valence-corrected chi connectivity index (χ2v) is 3.74. The van der Waals surface area contributed by atoms with Crippen molar-refractivity contribution in [2.24, 2.45) is 4.36 Å². The molecule has 0 spiro atoms. The maximum absolute atomic E-state index is 10.9. The third kappa shape index (κ3) is 2.95. The van der Waals surface area contributed by atoms with Gasteiger partial charge >= 0.3 is 0 Å². The van der Waals surface area contributed by atoms with Crippen LogP contribution in [0.2, 0.25) is 5.15 Å². The van der Waals surface area contributed by atoms with Crippen LogP contribution < -0.4 is 0 Å². The first-order chi connectivity index (χ1) is 6.13. The van der Waals surface area contributed by atoms with Crippen molar-refractivity contribution in [3.8, 4) is 0 Å². The number of hydrogen-bond acceptors (Lipinski definition) is 4. The van der Waals surface area contributed by atoms with Crippen molar-refractivity contribution < 1.29 is 8.39 Å². The van der Waals surface area contributed by atoms with Crippen LogP contribution in [0.4, 0.5) is 5.69 Å². The van der Waals surface area contributed by atoms with Crippen molar-refractivity contribution in [1.82, 2.24) is 4.98 Å². The fourth-order valence-electron chi connectivity index (χ4n) is 0.748. The van der Waals surface area contributed by atoms with E-state index in [1.165, 1.54) is 13.3 Å². The normalized spacial score (nSPS) is 13.2. The van der Waals surface area contributed by atoms with E-state index in [0.29, 0.717) is 10.8 Å². The molecule has 4 nitrogen and oxygen atoms in total. The van der Waals surface area contributed by atoms with Gasteiger partial charge in [-0.15, -0.1) is 0 Å². The zero-order valence-corrected chi connectivity index (χ0v) is 8.84. The molecule has 0 saturated heterocycles. The minimum atomic E-state index is -1.99. The summed E-state index contributed by atoms with van der Waals surface area (Å²) in [5.74, 6) is 0. The largest absolute Gasteiger partial charge is 0.290 e. The van der Waals surface area contributed by atoms with E-state index in [-0.39, 0.29) is 0 Å². The molecule has 0 aliphatic carbocycles. The maximum Gasteiger partial charge on any atom is 0.157 e. The van der Waals surface area contributed by atoms with Crippen LogP contribution >= 0.6 is 11.6 Å². The SMILES string of the molecule is CO[SH](=O)=Nc1cnc(Cl)cc1C. The second kappa shape index (κ2) is 4.55. The van der Waals surface area contributed by atoms with Crippen LogP contribution in [0.1, 0.15) is 5.56 Å². The molecule has 0 aromatic carbocycles. The molecule has 72 valence electrons. The van der Waals surface area contributed by atoms with E-state index in [2.05, 4.69) is 13.5 Å². The molecule has 0 amide bonds. The number of pyridine rings is 1. The van der Waals surface area contributed by atoms with Crippen LogP contribution in [0.3, 0.4) is 0 Å². The average Bonchev–Trinajstić information content (AvgIpc) is 2.09. The topological polar surface area (TPSA) is 51.5 Å². The highest BCUT2D eigenvalue weighted by Gasteiger charge is 1.98. The van der Waals surface area contributed by atoms with E-state index in [0.717, 1.165) is 5.56 Å². The average molecular weight is 221 g/mol. The van der Waals surface area contributed by atoms with Crippen LogP contribution in [-0.4, -0.2) is 16.3 Å². The number of aromatic nitrogens is 1. The Balaban J connectivity index is 3.10. The maximum atomic E-state index is 10.9. The van der Waals surface area contributed by atoms with Crippen molar-refractivity contribution >= 4 is 28.2 Å². The predicted molar refractivity (Wildman–Crippen MR) is 52.6 cm³/mol. The third-order valence-electron chi connectivity index (χ3n) is 1.40. The van der Waals surface area contributed by atoms with E-state index in [4.69, 9.17) is 11.6 Å². The Hall–Kier alpha value is -0.650. The van der Waals surface area contributed by atoms with Crippen LogP contribution in [0, 0.1) is 6.92 Å². The van der Waals surface area contributed by atoms with Gasteiger partial charge in [0.1, 0.15) is 5.15 Å². The van der Waals surface area contributed by atoms with Gasteiger partial charge in [0, 0.05) is 0 Å². The van der Waals surface area contributed by atoms with E-state index < -0.39 is 10.9 Å². The molecule has 0 saturated carbocycles. The number of halogens is 1. The van der Waals surface area contributed by atoms with Gasteiger partial charge in [-0.05, 0) is 18.6 Å². The smallest absolute Gasteiger partial charge is 0.157 e. The van der Waals surface area contributed by atoms with Gasteiger partial charge < -0.3 is 0 Å². The molecule has 1 unspecified atom stereocenters. The van der Waals surface area contributed by atoms with Gasteiger partial charge in [0.25, 0.3) is 0 Å². The first kappa shape index (κ1) is 10.4. The van der Waals surface area contributed by atoms with E-state index in [1.54, 1.807) is 6.07 Å². The van der Waals surface area contributed by atoms with Crippen LogP contribution in [0.25, 0.3) is 0 Å². The molecule has 13 heavy (non-hydrogen) atoms. The molecule has 0 bridgehead atoms. The highest BCUT2D eigenvalue weighted by molar-refractivity contribution is 7.69. The monoisotopic (exact) mass is 220 g/mol. The van der Waals surface area contributed by atoms with Gasteiger partial charge in [-0.25, -0.2) is 9.19 Å². The summed E-state index contributed by atoms with van der Waals surface area (Å²) >= 11 is 5.63. The van der Waals surface area contributed by atoms with Crippen molar-refractivity contribution in [3.05, 3.63) is 23.0 Å². The summed E-state index contributed by atoms with van der Waals surface area (Å²) in [6.45, 7) is 1.81. The van der Waals surface area contributed by atoms with Crippen molar-refractivity contribution in [2.45, 2.75) is 6.92 Å². The lowest BCUT2D eigenvalue weighted by Gasteiger charge is -1.98. The van der Waals surface area contributed by atoms with E-state index >= 15 is 0 Å². The molecule has 1 atom stereocenters. The third-order valence-corrected chi connectivity index (χ3v) is 2.29. The summed E-state index contributed by atoms with van der Waals surface area (Å²) < 4.78 is 19.2. The summed E-state index contributed by atoms with van der Waals surface area (Å²) in [4.78, 5) is 3.81. The van der Waals surface area contributed by atoms with Crippen LogP contribution in [0.5, 0.6) is 0 Å². The molecule has 0 fully saturated rings. The molecule has 0 radical (unpaired) electrons. The number of nitrogens with zero attached hydrogens (tertiary/aromatic N) is 2. The molecule has 6 heteroatoms. The van der Waals surface area contributed by atoms with Gasteiger partial charge in [-0.2, -0.15) is 4.36 Å². The number of thiol groups is 1. The molecular weight excluding hydrogens is 212 g/mol. The lowest BCUT2D eigenvalue weighted by atomic mass is 10.3.